The maximum Gasteiger partial charge on any atom is 0.330 e. The Morgan fingerprint density at radius 2 is 2.21 bits per heavy atom. The summed E-state index contributed by atoms with van der Waals surface area (Å²) in [4.78, 5) is 11.0. The molecule has 0 radical (unpaired) electrons. The molecule has 0 saturated heterocycles. The van der Waals surface area contributed by atoms with Crippen LogP contribution in [0.25, 0.3) is 6.08 Å². The monoisotopic (exact) mass is 262 g/mol. The van der Waals surface area contributed by atoms with E-state index in [0.717, 1.165) is 5.56 Å². The molecular formula is C15H18O4. The molecule has 0 aliphatic rings. The van der Waals surface area contributed by atoms with Crippen molar-refractivity contribution in [3.05, 3.63) is 47.6 Å². The first kappa shape index (κ1) is 15.0. The van der Waals surface area contributed by atoms with Crippen LogP contribution >= 0.6 is 0 Å². The summed E-state index contributed by atoms with van der Waals surface area (Å²) in [7, 11) is 1.30. The van der Waals surface area contributed by atoms with Gasteiger partial charge in [-0.3, -0.25) is 0 Å². The van der Waals surface area contributed by atoms with Crippen LogP contribution in [0.3, 0.4) is 0 Å². The Balaban J connectivity index is 2.91. The highest BCUT2D eigenvalue weighted by Crippen LogP contribution is 2.22. The molecule has 1 aromatic rings. The maximum absolute atomic E-state index is 11.0. The van der Waals surface area contributed by atoms with Crippen LogP contribution in [0.1, 0.15) is 18.1 Å². The predicted molar refractivity (Wildman–Crippen MR) is 73.7 cm³/mol. The summed E-state index contributed by atoms with van der Waals surface area (Å²) in [5, 5.41) is 19.5. The number of aliphatic hydroxyl groups is 1. The first-order valence-electron chi connectivity index (χ1n) is 5.85. The number of carbonyl (C=O) groups excluding carboxylic acids is 1. The average molecular weight is 262 g/mol. The standard InChI is InChI=1S/C15H18O4/c1-10(2)14(17)9-12-8-11(4-6-13(12)16)5-7-15(18)19-3/h4-8,14,16-17H,1,9H2,2-3H3/b7-5+/t14-/m0/s1. The Bertz CT molecular complexity index is 503. The van der Waals surface area contributed by atoms with E-state index < -0.39 is 12.1 Å². The van der Waals surface area contributed by atoms with E-state index in [1.165, 1.54) is 19.3 Å². The van der Waals surface area contributed by atoms with Crippen LogP contribution in [0.5, 0.6) is 5.75 Å². The molecule has 4 heteroatoms. The van der Waals surface area contributed by atoms with E-state index >= 15 is 0 Å². The molecule has 1 atom stereocenters. The van der Waals surface area contributed by atoms with Gasteiger partial charge in [-0.2, -0.15) is 0 Å². The number of methoxy groups -OCH3 is 1. The van der Waals surface area contributed by atoms with Crippen LogP contribution in [-0.2, 0) is 16.0 Å². The largest absolute Gasteiger partial charge is 0.508 e. The van der Waals surface area contributed by atoms with Crippen molar-refractivity contribution >= 4 is 12.0 Å². The minimum absolute atomic E-state index is 0.107. The molecule has 1 aromatic carbocycles. The minimum Gasteiger partial charge on any atom is -0.508 e. The fourth-order valence-electron chi connectivity index (χ4n) is 1.49. The number of benzene rings is 1. The molecule has 0 aliphatic carbocycles. The van der Waals surface area contributed by atoms with Crippen LogP contribution < -0.4 is 0 Å². The molecule has 0 unspecified atom stereocenters. The smallest absolute Gasteiger partial charge is 0.330 e. The van der Waals surface area contributed by atoms with Gasteiger partial charge in [0.15, 0.2) is 0 Å². The lowest BCUT2D eigenvalue weighted by molar-refractivity contribution is -0.134. The van der Waals surface area contributed by atoms with Gasteiger partial charge in [0.25, 0.3) is 0 Å². The third-order valence-electron chi connectivity index (χ3n) is 2.70. The Labute approximate surface area is 112 Å². The zero-order valence-electron chi connectivity index (χ0n) is 11.1. The van der Waals surface area contributed by atoms with Gasteiger partial charge in [-0.05, 0) is 36.3 Å². The third-order valence-corrected chi connectivity index (χ3v) is 2.70. The summed E-state index contributed by atoms with van der Waals surface area (Å²) in [5.41, 5.74) is 1.98. The van der Waals surface area contributed by atoms with Gasteiger partial charge < -0.3 is 14.9 Å². The van der Waals surface area contributed by atoms with Gasteiger partial charge in [0, 0.05) is 12.5 Å². The minimum atomic E-state index is -0.703. The van der Waals surface area contributed by atoms with Gasteiger partial charge in [0.1, 0.15) is 5.75 Å². The third kappa shape index (κ3) is 4.60. The van der Waals surface area contributed by atoms with Crippen molar-refractivity contribution in [1.82, 2.24) is 0 Å². The van der Waals surface area contributed by atoms with Crippen molar-refractivity contribution in [1.29, 1.82) is 0 Å². The zero-order valence-corrected chi connectivity index (χ0v) is 11.1. The molecule has 1 rings (SSSR count). The lowest BCUT2D eigenvalue weighted by Crippen LogP contribution is -2.11. The first-order chi connectivity index (χ1) is 8.93. The van der Waals surface area contributed by atoms with Crippen molar-refractivity contribution < 1.29 is 19.7 Å². The van der Waals surface area contributed by atoms with Crippen LogP contribution in [-0.4, -0.2) is 29.4 Å². The van der Waals surface area contributed by atoms with Crippen LogP contribution in [0.15, 0.2) is 36.4 Å². The number of hydrogen-bond acceptors (Lipinski definition) is 4. The molecule has 0 spiro atoms. The van der Waals surface area contributed by atoms with E-state index in [1.807, 2.05) is 0 Å². The summed E-state index contributed by atoms with van der Waals surface area (Å²) in [6.45, 7) is 5.39. The van der Waals surface area contributed by atoms with Gasteiger partial charge in [-0.15, -0.1) is 0 Å². The second kappa shape index (κ2) is 6.75. The molecule has 0 bridgehead atoms. The fourth-order valence-corrected chi connectivity index (χ4v) is 1.49. The number of aromatic hydroxyl groups is 1. The van der Waals surface area contributed by atoms with Crippen molar-refractivity contribution in [2.45, 2.75) is 19.4 Å². The lowest BCUT2D eigenvalue weighted by Gasteiger charge is -2.12. The topological polar surface area (TPSA) is 66.8 Å². The number of rotatable bonds is 5. The number of carbonyl (C=O) groups is 1. The molecule has 0 heterocycles. The summed E-state index contributed by atoms with van der Waals surface area (Å²) >= 11 is 0. The van der Waals surface area contributed by atoms with Crippen molar-refractivity contribution in [3.63, 3.8) is 0 Å². The number of phenols is 1. The molecule has 0 aliphatic heterocycles. The van der Waals surface area contributed by atoms with Gasteiger partial charge in [-0.1, -0.05) is 18.2 Å². The fraction of sp³-hybridized carbons (Fsp3) is 0.267. The van der Waals surface area contributed by atoms with Crippen LogP contribution in [0, 0.1) is 0 Å². The molecule has 4 nitrogen and oxygen atoms in total. The quantitative estimate of drug-likeness (QED) is 0.484. The molecule has 19 heavy (non-hydrogen) atoms. The maximum atomic E-state index is 11.0. The molecule has 2 N–H and O–H groups in total. The van der Waals surface area contributed by atoms with E-state index in [-0.39, 0.29) is 12.2 Å². The molecule has 0 aromatic heterocycles. The van der Waals surface area contributed by atoms with E-state index in [2.05, 4.69) is 11.3 Å². The Morgan fingerprint density at radius 1 is 1.53 bits per heavy atom. The Morgan fingerprint density at radius 3 is 2.79 bits per heavy atom. The highest BCUT2D eigenvalue weighted by Gasteiger charge is 2.10. The van der Waals surface area contributed by atoms with Gasteiger partial charge in [-0.25, -0.2) is 4.79 Å². The lowest BCUT2D eigenvalue weighted by atomic mass is 10.0. The summed E-state index contributed by atoms with van der Waals surface area (Å²) in [5.74, 6) is -0.341. The van der Waals surface area contributed by atoms with Crippen molar-refractivity contribution in [2.24, 2.45) is 0 Å². The van der Waals surface area contributed by atoms with Crippen molar-refractivity contribution in [3.8, 4) is 5.75 Å². The predicted octanol–water partition coefficient (Wildman–Crippen LogP) is 2.06. The molecule has 102 valence electrons. The highest BCUT2D eigenvalue weighted by atomic mass is 16.5. The Kier molecular flexibility index (Phi) is 5.33. The van der Waals surface area contributed by atoms with E-state index in [4.69, 9.17) is 0 Å². The van der Waals surface area contributed by atoms with Crippen LogP contribution in [0.2, 0.25) is 0 Å². The number of phenolic OH excluding ortho intramolecular Hbond substituents is 1. The number of hydrogen-bond donors (Lipinski definition) is 2. The zero-order chi connectivity index (χ0) is 14.4. The normalized spacial score (nSPS) is 12.4. The van der Waals surface area contributed by atoms with Gasteiger partial charge in [0.05, 0.1) is 13.2 Å². The molecule has 0 saturated carbocycles. The van der Waals surface area contributed by atoms with E-state index in [9.17, 15) is 15.0 Å². The van der Waals surface area contributed by atoms with E-state index in [1.54, 1.807) is 25.1 Å². The number of aliphatic hydroxyl groups excluding tert-OH is 1. The molecular weight excluding hydrogens is 244 g/mol. The second-order valence-electron chi connectivity index (χ2n) is 4.31. The SMILES string of the molecule is C=C(C)[C@@H](O)Cc1cc(/C=C/C(=O)OC)ccc1O. The summed E-state index contributed by atoms with van der Waals surface area (Å²) in [6, 6.07) is 4.91. The summed E-state index contributed by atoms with van der Waals surface area (Å²) < 4.78 is 4.50. The average Bonchev–Trinajstić information content (AvgIpc) is 2.38. The number of esters is 1. The molecule has 0 amide bonds. The van der Waals surface area contributed by atoms with Crippen LogP contribution in [0.4, 0.5) is 0 Å². The van der Waals surface area contributed by atoms with Crippen molar-refractivity contribution in [2.75, 3.05) is 7.11 Å². The van der Waals surface area contributed by atoms with Gasteiger partial charge in [0.2, 0.25) is 0 Å². The number of ether oxygens (including phenoxy) is 1. The Hall–Kier alpha value is -2.07. The van der Waals surface area contributed by atoms with E-state index in [0.29, 0.717) is 11.1 Å². The summed E-state index contributed by atoms with van der Waals surface area (Å²) in [6.07, 6.45) is 2.46. The molecule has 0 fully saturated rings. The highest BCUT2D eigenvalue weighted by molar-refractivity contribution is 5.86. The van der Waals surface area contributed by atoms with Gasteiger partial charge >= 0.3 is 5.97 Å². The first-order valence-corrected chi connectivity index (χ1v) is 5.85. The second-order valence-corrected chi connectivity index (χ2v) is 4.31.